The highest BCUT2D eigenvalue weighted by Gasteiger charge is 2.38. The normalized spacial score (nSPS) is 20.8. The van der Waals surface area contributed by atoms with E-state index in [9.17, 15) is 4.79 Å². The molecule has 0 saturated carbocycles. The number of esters is 1. The molecule has 6 heteroatoms. The number of amidine groups is 1. The smallest absolute Gasteiger partial charge is 0.338 e. The van der Waals surface area contributed by atoms with Crippen LogP contribution in [-0.4, -0.2) is 34.9 Å². The zero-order valence-corrected chi connectivity index (χ0v) is 14.9. The molecule has 2 heterocycles. The standard InChI is InChI=1S/C16H17BrN2O2S/c1-3-21-15(20)13-10(2)18-16-19(8-9-22-16)14(13)11-4-6-12(17)7-5-11/h4-7,14H,3,8-9H2,1-2H3/t14-/m0/s1. The molecule has 116 valence electrons. The molecular formula is C16H17BrN2O2S. The number of allylic oxidation sites excluding steroid dienone is 1. The molecule has 1 saturated heterocycles. The number of halogens is 1. The lowest BCUT2D eigenvalue weighted by molar-refractivity contribution is -0.139. The van der Waals surface area contributed by atoms with Gasteiger partial charge in [-0.25, -0.2) is 9.79 Å². The minimum atomic E-state index is -0.271. The maximum absolute atomic E-state index is 12.5. The summed E-state index contributed by atoms with van der Waals surface area (Å²) in [5, 5.41) is 0.999. The van der Waals surface area contributed by atoms with Crippen LogP contribution < -0.4 is 0 Å². The minimum absolute atomic E-state index is 0.116. The summed E-state index contributed by atoms with van der Waals surface area (Å²) >= 11 is 5.20. The molecule has 3 rings (SSSR count). The molecule has 0 unspecified atom stereocenters. The Labute approximate surface area is 142 Å². The number of carbonyl (C=O) groups is 1. The molecule has 0 aliphatic carbocycles. The van der Waals surface area contributed by atoms with Crippen molar-refractivity contribution >= 4 is 38.8 Å². The average Bonchev–Trinajstić information content (AvgIpc) is 2.94. The second-order valence-corrected chi connectivity index (χ2v) is 7.09. The van der Waals surface area contributed by atoms with Gasteiger partial charge >= 0.3 is 5.97 Å². The summed E-state index contributed by atoms with van der Waals surface area (Å²) in [6, 6.07) is 7.99. The quantitative estimate of drug-likeness (QED) is 0.748. The van der Waals surface area contributed by atoms with Gasteiger partial charge in [0.25, 0.3) is 0 Å². The zero-order chi connectivity index (χ0) is 15.7. The highest BCUT2D eigenvalue weighted by molar-refractivity contribution is 9.10. The van der Waals surface area contributed by atoms with Crippen LogP contribution in [0, 0.1) is 0 Å². The van der Waals surface area contributed by atoms with Crippen LogP contribution in [0.1, 0.15) is 25.5 Å². The fourth-order valence-electron chi connectivity index (χ4n) is 2.77. The van der Waals surface area contributed by atoms with Crippen molar-refractivity contribution in [3.8, 4) is 0 Å². The van der Waals surface area contributed by atoms with Gasteiger partial charge in [-0.1, -0.05) is 39.8 Å². The van der Waals surface area contributed by atoms with E-state index < -0.39 is 0 Å². The highest BCUT2D eigenvalue weighted by atomic mass is 79.9. The monoisotopic (exact) mass is 380 g/mol. The number of ether oxygens (including phenoxy) is 1. The van der Waals surface area contributed by atoms with Gasteiger partial charge in [-0.05, 0) is 31.5 Å². The van der Waals surface area contributed by atoms with Gasteiger partial charge in [0.05, 0.1) is 23.9 Å². The number of nitrogens with zero attached hydrogens (tertiary/aromatic N) is 2. The Morgan fingerprint density at radius 2 is 2.18 bits per heavy atom. The van der Waals surface area contributed by atoms with Crippen LogP contribution in [0.5, 0.6) is 0 Å². The van der Waals surface area contributed by atoms with Gasteiger partial charge in [0.15, 0.2) is 5.17 Å². The van der Waals surface area contributed by atoms with E-state index in [1.54, 1.807) is 11.8 Å². The first-order chi connectivity index (χ1) is 10.6. The van der Waals surface area contributed by atoms with Crippen LogP contribution in [0.3, 0.4) is 0 Å². The summed E-state index contributed by atoms with van der Waals surface area (Å²) in [4.78, 5) is 19.3. The van der Waals surface area contributed by atoms with Gasteiger partial charge < -0.3 is 9.64 Å². The van der Waals surface area contributed by atoms with Crippen molar-refractivity contribution in [1.82, 2.24) is 4.90 Å². The van der Waals surface area contributed by atoms with Gasteiger partial charge in [0.2, 0.25) is 0 Å². The van der Waals surface area contributed by atoms with E-state index in [0.29, 0.717) is 12.2 Å². The van der Waals surface area contributed by atoms with Crippen LogP contribution in [0.2, 0.25) is 0 Å². The van der Waals surface area contributed by atoms with Crippen LogP contribution in [-0.2, 0) is 9.53 Å². The maximum Gasteiger partial charge on any atom is 0.338 e. The maximum atomic E-state index is 12.5. The second kappa shape index (κ2) is 6.46. The topological polar surface area (TPSA) is 41.9 Å². The first kappa shape index (κ1) is 15.6. The second-order valence-electron chi connectivity index (χ2n) is 5.11. The van der Waals surface area contributed by atoms with Crippen LogP contribution in [0.15, 0.2) is 45.0 Å². The van der Waals surface area contributed by atoms with E-state index in [2.05, 4.69) is 25.8 Å². The number of carbonyl (C=O) groups excluding carboxylic acids is 1. The molecule has 0 N–H and O–H groups in total. The summed E-state index contributed by atoms with van der Waals surface area (Å²) in [5.41, 5.74) is 2.49. The van der Waals surface area contributed by atoms with Gasteiger partial charge in [-0.15, -0.1) is 0 Å². The number of aliphatic imine (C=N–C) groups is 1. The zero-order valence-electron chi connectivity index (χ0n) is 12.5. The third-order valence-electron chi connectivity index (χ3n) is 3.73. The molecule has 2 aliphatic heterocycles. The molecule has 1 aromatic carbocycles. The third kappa shape index (κ3) is 2.82. The summed E-state index contributed by atoms with van der Waals surface area (Å²) < 4.78 is 6.29. The van der Waals surface area contributed by atoms with Crippen LogP contribution in [0.4, 0.5) is 0 Å². The average molecular weight is 381 g/mol. The molecule has 1 fully saturated rings. The van der Waals surface area contributed by atoms with Gasteiger partial charge in [-0.2, -0.15) is 0 Å². The summed E-state index contributed by atoms with van der Waals surface area (Å²) in [6.45, 7) is 4.97. The van der Waals surface area contributed by atoms with Crippen molar-refractivity contribution in [2.75, 3.05) is 18.9 Å². The minimum Gasteiger partial charge on any atom is -0.463 e. The van der Waals surface area contributed by atoms with Crippen molar-refractivity contribution in [2.45, 2.75) is 19.9 Å². The lowest BCUT2D eigenvalue weighted by Gasteiger charge is -2.34. The Morgan fingerprint density at radius 3 is 2.86 bits per heavy atom. The van der Waals surface area contributed by atoms with E-state index in [4.69, 9.17) is 4.74 Å². The number of hydrogen-bond donors (Lipinski definition) is 0. The van der Waals surface area contributed by atoms with E-state index in [1.165, 1.54) is 0 Å². The molecule has 0 aromatic heterocycles. The van der Waals surface area contributed by atoms with Gasteiger partial charge in [-0.3, -0.25) is 0 Å². The van der Waals surface area contributed by atoms with Crippen molar-refractivity contribution < 1.29 is 9.53 Å². The van der Waals surface area contributed by atoms with E-state index in [0.717, 1.165) is 33.2 Å². The first-order valence-corrected chi connectivity index (χ1v) is 9.01. The van der Waals surface area contributed by atoms with Crippen molar-refractivity contribution in [1.29, 1.82) is 0 Å². The Bertz CT molecular complexity index is 655. The predicted molar refractivity (Wildman–Crippen MR) is 92.8 cm³/mol. The highest BCUT2D eigenvalue weighted by Crippen LogP contribution is 2.40. The lowest BCUT2D eigenvalue weighted by atomic mass is 9.94. The largest absolute Gasteiger partial charge is 0.463 e. The molecule has 1 atom stereocenters. The fraction of sp³-hybridized carbons (Fsp3) is 0.375. The molecule has 22 heavy (non-hydrogen) atoms. The lowest BCUT2D eigenvalue weighted by Crippen LogP contribution is -2.36. The van der Waals surface area contributed by atoms with Gasteiger partial charge in [0, 0.05) is 16.8 Å². The Hall–Kier alpha value is -1.27. The summed E-state index contributed by atoms with van der Waals surface area (Å²) in [6.07, 6.45) is 0. The van der Waals surface area contributed by atoms with E-state index in [-0.39, 0.29) is 12.0 Å². The molecule has 0 radical (unpaired) electrons. The molecule has 0 amide bonds. The van der Waals surface area contributed by atoms with Crippen molar-refractivity contribution in [3.63, 3.8) is 0 Å². The Kier molecular flexibility index (Phi) is 4.59. The molecular weight excluding hydrogens is 364 g/mol. The summed E-state index contributed by atoms with van der Waals surface area (Å²) in [5.74, 6) is 0.725. The summed E-state index contributed by atoms with van der Waals surface area (Å²) in [7, 11) is 0. The fourth-order valence-corrected chi connectivity index (χ4v) is 4.07. The molecule has 2 aliphatic rings. The predicted octanol–water partition coefficient (Wildman–Crippen LogP) is 3.75. The molecule has 4 nitrogen and oxygen atoms in total. The number of fused-ring (bicyclic) bond motifs is 1. The molecule has 0 spiro atoms. The Morgan fingerprint density at radius 1 is 1.45 bits per heavy atom. The van der Waals surface area contributed by atoms with Crippen LogP contribution >= 0.6 is 27.7 Å². The number of benzene rings is 1. The van der Waals surface area contributed by atoms with Gasteiger partial charge in [0.1, 0.15) is 0 Å². The number of rotatable bonds is 3. The van der Waals surface area contributed by atoms with Crippen molar-refractivity contribution in [3.05, 3.63) is 45.6 Å². The molecule has 1 aromatic rings. The van der Waals surface area contributed by atoms with Crippen molar-refractivity contribution in [2.24, 2.45) is 4.99 Å². The first-order valence-electron chi connectivity index (χ1n) is 7.23. The van der Waals surface area contributed by atoms with E-state index >= 15 is 0 Å². The Balaban J connectivity index is 2.07. The van der Waals surface area contributed by atoms with E-state index in [1.807, 2.05) is 38.1 Å². The molecule has 0 bridgehead atoms. The number of thioether (sulfide) groups is 1. The third-order valence-corrected chi connectivity index (χ3v) is 5.23. The van der Waals surface area contributed by atoms with Crippen LogP contribution in [0.25, 0.3) is 0 Å². The number of hydrogen-bond acceptors (Lipinski definition) is 5. The SMILES string of the molecule is CCOC(=O)C1=C(C)N=C2SCCN2[C@H]1c1ccc(Br)cc1.